The maximum atomic E-state index is 4.06. The van der Waals surface area contributed by atoms with E-state index in [1.165, 1.54) is 38.5 Å². The van der Waals surface area contributed by atoms with Crippen LogP contribution < -0.4 is 0 Å². The smallest absolute Gasteiger partial charge is 0.0200 e. The second-order valence-electron chi connectivity index (χ2n) is 4.25. The maximum absolute atomic E-state index is 4.06. The summed E-state index contributed by atoms with van der Waals surface area (Å²) in [5.41, 5.74) is 1.78. The van der Waals surface area contributed by atoms with E-state index in [0.29, 0.717) is 0 Å². The van der Waals surface area contributed by atoms with Crippen molar-refractivity contribution in [2.75, 3.05) is 0 Å². The fourth-order valence-corrected chi connectivity index (χ4v) is 2.87. The molecule has 1 fully saturated rings. The maximum Gasteiger partial charge on any atom is -0.0200 e. The molecule has 2 aliphatic carbocycles. The van der Waals surface area contributed by atoms with Gasteiger partial charge in [-0.25, -0.2) is 0 Å². The van der Waals surface area contributed by atoms with Crippen molar-refractivity contribution in [1.29, 1.82) is 0 Å². The summed E-state index contributed by atoms with van der Waals surface area (Å²) in [6.45, 7) is 4.06. The van der Waals surface area contributed by atoms with Gasteiger partial charge in [-0.2, -0.15) is 0 Å². The van der Waals surface area contributed by atoms with Crippen LogP contribution in [-0.2, 0) is 0 Å². The molecule has 2 rings (SSSR count). The molecule has 12 heavy (non-hydrogen) atoms. The molecular weight excluding hydrogens is 144 g/mol. The molecule has 2 atom stereocenters. The van der Waals surface area contributed by atoms with Crippen molar-refractivity contribution in [3.63, 3.8) is 0 Å². The molecule has 0 spiro atoms. The van der Waals surface area contributed by atoms with Gasteiger partial charge < -0.3 is 0 Å². The second-order valence-corrected chi connectivity index (χ2v) is 4.25. The zero-order valence-electron chi connectivity index (χ0n) is 7.89. The average molecular weight is 163 g/mol. The molecule has 0 saturated heterocycles. The molecule has 0 amide bonds. The summed E-state index contributed by atoms with van der Waals surface area (Å²) in [6, 6.07) is 0. The van der Waals surface area contributed by atoms with E-state index in [9.17, 15) is 0 Å². The Labute approximate surface area is 76.1 Å². The van der Waals surface area contributed by atoms with Crippen LogP contribution in [0, 0.1) is 18.8 Å². The van der Waals surface area contributed by atoms with Gasteiger partial charge in [-0.05, 0) is 50.4 Å². The van der Waals surface area contributed by atoms with Crippen LogP contribution in [0.4, 0.5) is 0 Å². The Bertz CT molecular complexity index is 178. The Hall–Kier alpha value is -0.260. The Morgan fingerprint density at radius 2 is 2.08 bits per heavy atom. The monoisotopic (exact) mass is 163 g/mol. The van der Waals surface area contributed by atoms with Crippen LogP contribution in [0.5, 0.6) is 0 Å². The van der Waals surface area contributed by atoms with E-state index in [1.54, 1.807) is 5.57 Å². The molecule has 1 radical (unpaired) electrons. The van der Waals surface area contributed by atoms with Crippen LogP contribution >= 0.6 is 0 Å². The van der Waals surface area contributed by atoms with Crippen molar-refractivity contribution in [2.45, 2.75) is 44.9 Å². The first-order valence-electron chi connectivity index (χ1n) is 5.41. The van der Waals surface area contributed by atoms with Gasteiger partial charge in [0, 0.05) is 0 Å². The van der Waals surface area contributed by atoms with Crippen LogP contribution in [-0.4, -0.2) is 0 Å². The highest BCUT2D eigenvalue weighted by molar-refractivity contribution is 5.16. The molecule has 0 nitrogen and oxygen atoms in total. The molecule has 2 aliphatic rings. The fraction of sp³-hybridized carbons (Fsp3) is 0.750. The summed E-state index contributed by atoms with van der Waals surface area (Å²) < 4.78 is 0. The van der Waals surface area contributed by atoms with Crippen molar-refractivity contribution in [1.82, 2.24) is 0 Å². The summed E-state index contributed by atoms with van der Waals surface area (Å²) in [5, 5.41) is 0. The summed E-state index contributed by atoms with van der Waals surface area (Å²) in [4.78, 5) is 0. The van der Waals surface area contributed by atoms with Crippen molar-refractivity contribution in [3.8, 4) is 0 Å². The molecular formula is C12H19. The third kappa shape index (κ3) is 1.44. The number of hydrogen-bond acceptors (Lipinski definition) is 0. The van der Waals surface area contributed by atoms with Gasteiger partial charge >= 0.3 is 0 Å². The minimum absolute atomic E-state index is 0.851. The molecule has 0 heterocycles. The van der Waals surface area contributed by atoms with E-state index in [1.807, 2.05) is 0 Å². The Kier molecular flexibility index (Phi) is 2.53. The predicted molar refractivity (Wildman–Crippen MR) is 52.7 cm³/mol. The topological polar surface area (TPSA) is 0 Å². The van der Waals surface area contributed by atoms with Crippen LogP contribution in [0.1, 0.15) is 44.9 Å². The minimum atomic E-state index is 0.851. The fourth-order valence-electron chi connectivity index (χ4n) is 2.87. The largest absolute Gasteiger partial charge is 0.0848 e. The van der Waals surface area contributed by atoms with Crippen LogP contribution in [0.25, 0.3) is 0 Å². The van der Waals surface area contributed by atoms with Gasteiger partial charge in [-0.1, -0.05) is 25.0 Å². The van der Waals surface area contributed by atoms with Crippen molar-refractivity contribution < 1.29 is 0 Å². The van der Waals surface area contributed by atoms with E-state index >= 15 is 0 Å². The molecule has 0 aromatic heterocycles. The van der Waals surface area contributed by atoms with E-state index in [4.69, 9.17) is 0 Å². The molecule has 0 aromatic carbocycles. The molecule has 0 aromatic rings. The molecule has 1 saturated carbocycles. The highest BCUT2D eigenvalue weighted by atomic mass is 14.3. The van der Waals surface area contributed by atoms with Gasteiger partial charge in [0.05, 0.1) is 0 Å². The lowest BCUT2D eigenvalue weighted by Crippen LogP contribution is -2.21. The minimum Gasteiger partial charge on any atom is -0.0848 e. The SMILES string of the molecule is [CH2]CC1CCCC2CCCC=C12. The van der Waals surface area contributed by atoms with Crippen LogP contribution in [0.2, 0.25) is 0 Å². The standard InChI is InChI=1S/C12H19/c1-2-10-7-5-8-11-6-3-4-9-12(10)11/h9-11H,1-8H2. The van der Waals surface area contributed by atoms with Gasteiger partial charge in [-0.3, -0.25) is 0 Å². The summed E-state index contributed by atoms with van der Waals surface area (Å²) in [5.74, 6) is 1.81. The molecule has 0 bridgehead atoms. The first-order chi connectivity index (χ1) is 5.92. The van der Waals surface area contributed by atoms with E-state index in [2.05, 4.69) is 13.0 Å². The van der Waals surface area contributed by atoms with Gasteiger partial charge in [0.1, 0.15) is 0 Å². The zero-order valence-corrected chi connectivity index (χ0v) is 7.89. The van der Waals surface area contributed by atoms with Gasteiger partial charge in [0.25, 0.3) is 0 Å². The number of hydrogen-bond donors (Lipinski definition) is 0. The van der Waals surface area contributed by atoms with Crippen molar-refractivity contribution in [3.05, 3.63) is 18.6 Å². The normalized spacial score (nSPS) is 35.6. The predicted octanol–water partition coefficient (Wildman–Crippen LogP) is 3.74. The Balaban J connectivity index is 2.12. The van der Waals surface area contributed by atoms with Crippen LogP contribution in [0.15, 0.2) is 11.6 Å². The first kappa shape index (κ1) is 8.34. The summed E-state index contributed by atoms with van der Waals surface area (Å²) >= 11 is 0. The highest BCUT2D eigenvalue weighted by Crippen LogP contribution is 2.41. The first-order valence-corrected chi connectivity index (χ1v) is 5.41. The Morgan fingerprint density at radius 1 is 1.25 bits per heavy atom. The van der Waals surface area contributed by atoms with Gasteiger partial charge in [-0.15, -0.1) is 0 Å². The number of fused-ring (bicyclic) bond motifs is 1. The lowest BCUT2D eigenvalue weighted by atomic mass is 9.71. The lowest BCUT2D eigenvalue weighted by molar-refractivity contribution is 0.334. The third-order valence-electron chi connectivity index (χ3n) is 3.53. The van der Waals surface area contributed by atoms with E-state index in [0.717, 1.165) is 18.3 Å². The molecule has 0 heteroatoms. The molecule has 67 valence electrons. The average Bonchev–Trinajstić information content (AvgIpc) is 2.17. The van der Waals surface area contributed by atoms with Gasteiger partial charge in [0.2, 0.25) is 0 Å². The zero-order chi connectivity index (χ0) is 8.39. The van der Waals surface area contributed by atoms with Crippen LogP contribution in [0.3, 0.4) is 0 Å². The van der Waals surface area contributed by atoms with Gasteiger partial charge in [0.15, 0.2) is 0 Å². The second kappa shape index (κ2) is 3.64. The summed E-state index contributed by atoms with van der Waals surface area (Å²) in [7, 11) is 0. The third-order valence-corrected chi connectivity index (χ3v) is 3.53. The van der Waals surface area contributed by atoms with E-state index < -0.39 is 0 Å². The van der Waals surface area contributed by atoms with E-state index in [-0.39, 0.29) is 0 Å². The lowest BCUT2D eigenvalue weighted by Gasteiger charge is -2.34. The van der Waals surface area contributed by atoms with Crippen molar-refractivity contribution in [2.24, 2.45) is 11.8 Å². The molecule has 2 unspecified atom stereocenters. The Morgan fingerprint density at radius 3 is 2.92 bits per heavy atom. The quantitative estimate of drug-likeness (QED) is 0.517. The summed E-state index contributed by atoms with van der Waals surface area (Å²) in [6.07, 6.45) is 12.2. The molecule has 0 aliphatic heterocycles. The highest BCUT2D eigenvalue weighted by Gasteiger charge is 2.27. The molecule has 0 N–H and O–H groups in total. The number of allylic oxidation sites excluding steroid dienone is 2. The number of rotatable bonds is 1. The van der Waals surface area contributed by atoms with Crippen molar-refractivity contribution >= 4 is 0 Å².